The highest BCUT2D eigenvalue weighted by atomic mass is 16.5. The van der Waals surface area contributed by atoms with Crippen LogP contribution in [0.5, 0.6) is 11.6 Å². The van der Waals surface area contributed by atoms with Crippen molar-refractivity contribution in [1.29, 1.82) is 0 Å². The molecule has 0 saturated heterocycles. The van der Waals surface area contributed by atoms with Gasteiger partial charge in [0.25, 0.3) is 0 Å². The Balaban J connectivity index is 2.03. The van der Waals surface area contributed by atoms with E-state index in [1.165, 1.54) is 0 Å². The first kappa shape index (κ1) is 21.1. The summed E-state index contributed by atoms with van der Waals surface area (Å²) < 4.78 is 8.07. The zero-order chi connectivity index (χ0) is 20.8. The molecule has 0 aliphatic heterocycles. The minimum Gasteiger partial charge on any atom is -0.439 e. The largest absolute Gasteiger partial charge is 0.439 e. The number of aliphatic hydroxyl groups is 1. The predicted octanol–water partition coefficient (Wildman–Crippen LogP) is 4.86. The molecule has 0 saturated carbocycles. The summed E-state index contributed by atoms with van der Waals surface area (Å²) in [6.45, 7) is 7.57. The van der Waals surface area contributed by atoms with Gasteiger partial charge < -0.3 is 9.84 Å². The maximum Gasteiger partial charge on any atom is 0.222 e. The van der Waals surface area contributed by atoms with E-state index in [-0.39, 0.29) is 12.1 Å². The lowest BCUT2D eigenvalue weighted by atomic mass is 10.1. The van der Waals surface area contributed by atoms with Crippen LogP contribution in [0.2, 0.25) is 0 Å². The third-order valence-electron chi connectivity index (χ3n) is 5.10. The van der Waals surface area contributed by atoms with Crippen LogP contribution >= 0.6 is 0 Å². The molecule has 0 aliphatic rings. The van der Waals surface area contributed by atoms with E-state index in [1.807, 2.05) is 62.5 Å². The minimum absolute atomic E-state index is 0.282. The van der Waals surface area contributed by atoms with Crippen molar-refractivity contribution in [2.45, 2.75) is 45.9 Å². The topological polar surface area (TPSA) is 50.5 Å². The van der Waals surface area contributed by atoms with E-state index in [0.717, 1.165) is 34.9 Å². The Kier molecular flexibility index (Phi) is 7.07. The standard InChI is InChI=1S/C24H31N3O2/c1-5-20(28)16-27(18(2)3)17-22-23(19-12-8-6-9-13-19)25-26(4)24(22)29-21-14-10-7-11-15-21/h6-15,18,20,28H,5,16-17H2,1-4H3. The fourth-order valence-electron chi connectivity index (χ4n) is 3.31. The zero-order valence-corrected chi connectivity index (χ0v) is 17.7. The lowest BCUT2D eigenvalue weighted by Crippen LogP contribution is -2.37. The van der Waals surface area contributed by atoms with Gasteiger partial charge in [-0.05, 0) is 32.4 Å². The molecule has 0 radical (unpaired) electrons. The molecule has 1 aromatic heterocycles. The van der Waals surface area contributed by atoms with E-state index in [4.69, 9.17) is 9.84 Å². The Labute approximate surface area is 173 Å². The maximum atomic E-state index is 10.3. The van der Waals surface area contributed by atoms with Gasteiger partial charge in [-0.1, -0.05) is 55.5 Å². The van der Waals surface area contributed by atoms with Gasteiger partial charge in [0, 0.05) is 31.7 Å². The number of nitrogens with zero attached hydrogens (tertiary/aromatic N) is 3. The van der Waals surface area contributed by atoms with Gasteiger partial charge in [-0.3, -0.25) is 4.90 Å². The average Bonchev–Trinajstić information content (AvgIpc) is 3.04. The van der Waals surface area contributed by atoms with Crippen molar-refractivity contribution in [3.63, 3.8) is 0 Å². The normalized spacial score (nSPS) is 12.5. The fourth-order valence-corrected chi connectivity index (χ4v) is 3.31. The van der Waals surface area contributed by atoms with E-state index in [1.54, 1.807) is 4.68 Å². The van der Waals surface area contributed by atoms with Crippen LogP contribution in [0.3, 0.4) is 0 Å². The quantitative estimate of drug-likeness (QED) is 0.564. The minimum atomic E-state index is -0.354. The van der Waals surface area contributed by atoms with Gasteiger partial charge in [-0.15, -0.1) is 0 Å². The molecule has 3 rings (SSSR count). The molecule has 5 nitrogen and oxygen atoms in total. The van der Waals surface area contributed by atoms with Crippen LogP contribution in [0.25, 0.3) is 11.3 Å². The van der Waals surface area contributed by atoms with Crippen molar-refractivity contribution in [3.05, 3.63) is 66.2 Å². The molecule has 0 amide bonds. The smallest absolute Gasteiger partial charge is 0.222 e. The molecule has 0 aliphatic carbocycles. The number of benzene rings is 2. The van der Waals surface area contributed by atoms with E-state index in [0.29, 0.717) is 13.1 Å². The monoisotopic (exact) mass is 393 g/mol. The van der Waals surface area contributed by atoms with Crippen LogP contribution in [-0.4, -0.2) is 38.5 Å². The van der Waals surface area contributed by atoms with Gasteiger partial charge in [0.1, 0.15) is 11.4 Å². The van der Waals surface area contributed by atoms with Crippen molar-refractivity contribution in [1.82, 2.24) is 14.7 Å². The van der Waals surface area contributed by atoms with Gasteiger partial charge in [0.2, 0.25) is 5.88 Å². The van der Waals surface area contributed by atoms with E-state index in [2.05, 4.69) is 30.9 Å². The molecule has 29 heavy (non-hydrogen) atoms. The Morgan fingerprint density at radius 1 is 1.03 bits per heavy atom. The van der Waals surface area contributed by atoms with Crippen molar-refractivity contribution in [2.75, 3.05) is 6.54 Å². The SMILES string of the molecule is CCC(O)CN(Cc1c(-c2ccccc2)nn(C)c1Oc1ccccc1)C(C)C. The molecular weight excluding hydrogens is 362 g/mol. The van der Waals surface area contributed by atoms with Gasteiger partial charge in [-0.25, -0.2) is 4.68 Å². The van der Waals surface area contributed by atoms with Gasteiger partial charge in [0.15, 0.2) is 0 Å². The molecule has 154 valence electrons. The highest BCUT2D eigenvalue weighted by Gasteiger charge is 2.24. The van der Waals surface area contributed by atoms with Crippen molar-refractivity contribution < 1.29 is 9.84 Å². The molecule has 1 N–H and O–H groups in total. The number of para-hydroxylation sites is 1. The Morgan fingerprint density at radius 2 is 1.66 bits per heavy atom. The second-order valence-electron chi connectivity index (χ2n) is 7.62. The highest BCUT2D eigenvalue weighted by Crippen LogP contribution is 2.34. The molecule has 0 bridgehead atoms. The summed E-state index contributed by atoms with van der Waals surface area (Å²) in [5.74, 6) is 1.51. The molecular formula is C24H31N3O2. The molecule has 2 aromatic carbocycles. The van der Waals surface area contributed by atoms with Crippen LogP contribution in [0.1, 0.15) is 32.8 Å². The van der Waals surface area contributed by atoms with Crippen LogP contribution in [0.4, 0.5) is 0 Å². The van der Waals surface area contributed by atoms with Crippen LogP contribution in [0.15, 0.2) is 60.7 Å². The lowest BCUT2D eigenvalue weighted by Gasteiger charge is -2.28. The van der Waals surface area contributed by atoms with Crippen LogP contribution in [0, 0.1) is 0 Å². The summed E-state index contributed by atoms with van der Waals surface area (Å²) in [6, 6.07) is 20.2. The van der Waals surface area contributed by atoms with E-state index < -0.39 is 0 Å². The number of hydrogen-bond acceptors (Lipinski definition) is 4. The van der Waals surface area contributed by atoms with Crippen molar-refractivity contribution >= 4 is 0 Å². The third kappa shape index (κ3) is 5.25. The predicted molar refractivity (Wildman–Crippen MR) is 117 cm³/mol. The molecule has 3 aromatic rings. The van der Waals surface area contributed by atoms with Gasteiger partial charge in [0.05, 0.1) is 11.7 Å². The first-order chi connectivity index (χ1) is 14.0. The third-order valence-corrected chi connectivity index (χ3v) is 5.10. The summed E-state index contributed by atoms with van der Waals surface area (Å²) in [4.78, 5) is 2.27. The first-order valence-electron chi connectivity index (χ1n) is 10.3. The molecule has 5 heteroatoms. The second kappa shape index (κ2) is 9.72. The van der Waals surface area contributed by atoms with Crippen LogP contribution in [-0.2, 0) is 13.6 Å². The summed E-state index contributed by atoms with van der Waals surface area (Å²) >= 11 is 0. The zero-order valence-electron chi connectivity index (χ0n) is 17.7. The maximum absolute atomic E-state index is 10.3. The molecule has 0 fully saturated rings. The summed E-state index contributed by atoms with van der Waals surface area (Å²) in [6.07, 6.45) is 0.377. The first-order valence-corrected chi connectivity index (χ1v) is 10.3. The number of aryl methyl sites for hydroxylation is 1. The number of ether oxygens (including phenoxy) is 1. The van der Waals surface area contributed by atoms with Gasteiger partial charge in [-0.2, -0.15) is 5.10 Å². The Morgan fingerprint density at radius 3 is 2.24 bits per heavy atom. The van der Waals surface area contributed by atoms with Gasteiger partial charge >= 0.3 is 0 Å². The Hall–Kier alpha value is -2.63. The molecule has 1 unspecified atom stereocenters. The second-order valence-corrected chi connectivity index (χ2v) is 7.62. The van der Waals surface area contributed by atoms with Crippen molar-refractivity contribution in [2.24, 2.45) is 7.05 Å². The molecule has 1 heterocycles. The average molecular weight is 394 g/mol. The summed E-state index contributed by atoms with van der Waals surface area (Å²) in [5, 5.41) is 15.0. The highest BCUT2D eigenvalue weighted by molar-refractivity contribution is 5.65. The van der Waals surface area contributed by atoms with Crippen LogP contribution < -0.4 is 4.74 Å². The lowest BCUT2D eigenvalue weighted by molar-refractivity contribution is 0.0878. The number of aromatic nitrogens is 2. The Bertz CT molecular complexity index is 891. The summed E-state index contributed by atoms with van der Waals surface area (Å²) in [5.41, 5.74) is 3.00. The molecule has 0 spiro atoms. The fraction of sp³-hybridized carbons (Fsp3) is 0.375. The van der Waals surface area contributed by atoms with E-state index >= 15 is 0 Å². The number of aliphatic hydroxyl groups excluding tert-OH is 1. The molecule has 1 atom stereocenters. The number of rotatable bonds is 9. The number of hydrogen-bond donors (Lipinski definition) is 1. The van der Waals surface area contributed by atoms with E-state index in [9.17, 15) is 5.11 Å². The van der Waals surface area contributed by atoms with Crippen molar-refractivity contribution in [3.8, 4) is 22.9 Å². The summed E-state index contributed by atoms with van der Waals surface area (Å²) in [7, 11) is 1.91.